The second kappa shape index (κ2) is 7.01. The minimum atomic E-state index is -0.309. The first-order valence-corrected chi connectivity index (χ1v) is 8.32. The Morgan fingerprint density at radius 3 is 2.73 bits per heavy atom. The number of benzene rings is 2. The van der Waals surface area contributed by atoms with E-state index in [1.807, 2.05) is 0 Å². The SMILES string of the molecule is O=C(Nc1cc2c(cc1Cl)OCCCO2)c1cccc(-n2cnnn2)c1. The molecular formula is C17H14ClN5O3. The van der Waals surface area contributed by atoms with Crippen LogP contribution in [0.5, 0.6) is 11.5 Å². The molecule has 0 atom stereocenters. The maximum absolute atomic E-state index is 12.6. The van der Waals surface area contributed by atoms with Crippen molar-refractivity contribution in [2.75, 3.05) is 18.5 Å². The van der Waals surface area contributed by atoms with Gasteiger partial charge in [-0.3, -0.25) is 4.79 Å². The van der Waals surface area contributed by atoms with E-state index in [1.54, 1.807) is 36.4 Å². The summed E-state index contributed by atoms with van der Waals surface area (Å²) in [5, 5.41) is 14.2. The average Bonchev–Trinajstić information content (AvgIpc) is 3.10. The summed E-state index contributed by atoms with van der Waals surface area (Å²) >= 11 is 6.28. The molecule has 1 aromatic heterocycles. The number of ether oxygens (including phenoxy) is 2. The zero-order chi connectivity index (χ0) is 17.9. The molecule has 8 nitrogen and oxygen atoms in total. The van der Waals surface area contributed by atoms with Crippen molar-refractivity contribution in [3.05, 3.63) is 53.3 Å². The Morgan fingerprint density at radius 2 is 1.96 bits per heavy atom. The van der Waals surface area contributed by atoms with Crippen molar-refractivity contribution in [2.24, 2.45) is 0 Å². The number of nitrogens with one attached hydrogen (secondary N) is 1. The van der Waals surface area contributed by atoms with Crippen LogP contribution in [0.1, 0.15) is 16.8 Å². The van der Waals surface area contributed by atoms with E-state index in [9.17, 15) is 4.79 Å². The van der Waals surface area contributed by atoms with Crippen LogP contribution in [0.15, 0.2) is 42.7 Å². The highest BCUT2D eigenvalue weighted by Gasteiger charge is 2.16. The normalized spacial score (nSPS) is 13.1. The second-order valence-electron chi connectivity index (χ2n) is 5.59. The van der Waals surface area contributed by atoms with Crippen LogP contribution in [0.3, 0.4) is 0 Å². The molecular weight excluding hydrogens is 358 g/mol. The van der Waals surface area contributed by atoms with Gasteiger partial charge in [0.1, 0.15) is 6.33 Å². The number of nitrogens with zero attached hydrogens (tertiary/aromatic N) is 4. The van der Waals surface area contributed by atoms with Gasteiger partial charge in [-0.1, -0.05) is 17.7 Å². The Kier molecular flexibility index (Phi) is 4.40. The van der Waals surface area contributed by atoms with Crippen LogP contribution in [0, 0.1) is 0 Å². The molecule has 1 amide bonds. The molecule has 4 rings (SSSR count). The zero-order valence-corrected chi connectivity index (χ0v) is 14.3. The van der Waals surface area contributed by atoms with Crippen molar-refractivity contribution >= 4 is 23.2 Å². The smallest absolute Gasteiger partial charge is 0.255 e. The molecule has 2 aromatic carbocycles. The number of carbonyl (C=O) groups excluding carboxylic acids is 1. The third-order valence-electron chi connectivity index (χ3n) is 3.81. The van der Waals surface area contributed by atoms with E-state index in [0.717, 1.165) is 6.42 Å². The Labute approximate surface area is 153 Å². The number of hydrogen-bond acceptors (Lipinski definition) is 6. The van der Waals surface area contributed by atoms with Gasteiger partial charge in [0.05, 0.1) is 29.6 Å². The van der Waals surface area contributed by atoms with Crippen LogP contribution in [-0.2, 0) is 0 Å². The lowest BCUT2D eigenvalue weighted by Crippen LogP contribution is -2.13. The summed E-state index contributed by atoms with van der Waals surface area (Å²) in [6, 6.07) is 10.2. The van der Waals surface area contributed by atoms with Gasteiger partial charge in [-0.15, -0.1) is 5.10 Å². The van der Waals surface area contributed by atoms with Crippen LogP contribution in [0.4, 0.5) is 5.69 Å². The maximum atomic E-state index is 12.6. The average molecular weight is 372 g/mol. The van der Waals surface area contributed by atoms with Crippen molar-refractivity contribution in [1.29, 1.82) is 0 Å². The fraction of sp³-hybridized carbons (Fsp3) is 0.176. The maximum Gasteiger partial charge on any atom is 0.255 e. The van der Waals surface area contributed by atoms with Gasteiger partial charge < -0.3 is 14.8 Å². The molecule has 1 N–H and O–H groups in total. The minimum absolute atomic E-state index is 0.309. The molecule has 0 saturated heterocycles. The third-order valence-corrected chi connectivity index (χ3v) is 4.12. The minimum Gasteiger partial charge on any atom is -0.490 e. The van der Waals surface area contributed by atoms with Gasteiger partial charge in [0.25, 0.3) is 5.91 Å². The first-order valence-electron chi connectivity index (χ1n) is 7.94. The largest absolute Gasteiger partial charge is 0.490 e. The van der Waals surface area contributed by atoms with Gasteiger partial charge in [0.2, 0.25) is 0 Å². The molecule has 26 heavy (non-hydrogen) atoms. The Hall–Kier alpha value is -3.13. The summed E-state index contributed by atoms with van der Waals surface area (Å²) in [6.07, 6.45) is 2.25. The first-order chi connectivity index (χ1) is 12.7. The fourth-order valence-electron chi connectivity index (χ4n) is 2.54. The van der Waals surface area contributed by atoms with Crippen LogP contribution < -0.4 is 14.8 Å². The highest BCUT2D eigenvalue weighted by atomic mass is 35.5. The summed E-state index contributed by atoms with van der Waals surface area (Å²) in [5.41, 5.74) is 1.57. The molecule has 0 unspecified atom stereocenters. The van der Waals surface area contributed by atoms with Crippen molar-refractivity contribution in [2.45, 2.75) is 6.42 Å². The number of halogens is 1. The fourth-order valence-corrected chi connectivity index (χ4v) is 2.74. The van der Waals surface area contributed by atoms with Crippen LogP contribution in [-0.4, -0.2) is 39.3 Å². The van der Waals surface area contributed by atoms with E-state index in [2.05, 4.69) is 20.8 Å². The van der Waals surface area contributed by atoms with Crippen molar-refractivity contribution in [3.63, 3.8) is 0 Å². The van der Waals surface area contributed by atoms with Gasteiger partial charge in [-0.05, 0) is 28.6 Å². The number of aromatic nitrogens is 4. The van der Waals surface area contributed by atoms with E-state index < -0.39 is 0 Å². The molecule has 1 aliphatic rings. The van der Waals surface area contributed by atoms with E-state index in [-0.39, 0.29) is 5.91 Å². The molecule has 9 heteroatoms. The molecule has 2 heterocycles. The number of rotatable bonds is 3. The number of fused-ring (bicyclic) bond motifs is 1. The lowest BCUT2D eigenvalue weighted by molar-refractivity contribution is 0.102. The lowest BCUT2D eigenvalue weighted by atomic mass is 10.2. The van der Waals surface area contributed by atoms with E-state index in [4.69, 9.17) is 21.1 Å². The molecule has 3 aromatic rings. The van der Waals surface area contributed by atoms with Crippen LogP contribution in [0.2, 0.25) is 5.02 Å². The molecule has 0 radical (unpaired) electrons. The molecule has 1 aliphatic heterocycles. The molecule has 132 valence electrons. The summed E-state index contributed by atoms with van der Waals surface area (Å²) in [5.74, 6) is 0.826. The van der Waals surface area contributed by atoms with E-state index in [0.29, 0.717) is 46.7 Å². The molecule has 0 spiro atoms. The van der Waals surface area contributed by atoms with Crippen LogP contribution in [0.25, 0.3) is 5.69 Å². The quantitative estimate of drug-likeness (QED) is 0.761. The number of carbonyl (C=O) groups is 1. The summed E-state index contributed by atoms with van der Waals surface area (Å²) < 4.78 is 12.7. The van der Waals surface area contributed by atoms with Crippen molar-refractivity contribution in [3.8, 4) is 17.2 Å². The van der Waals surface area contributed by atoms with Crippen molar-refractivity contribution in [1.82, 2.24) is 20.2 Å². The van der Waals surface area contributed by atoms with Gasteiger partial charge in [0, 0.05) is 24.1 Å². The Morgan fingerprint density at radius 1 is 1.15 bits per heavy atom. The number of amides is 1. The molecule has 0 aliphatic carbocycles. The van der Waals surface area contributed by atoms with Gasteiger partial charge in [-0.2, -0.15) is 0 Å². The molecule has 0 bridgehead atoms. The van der Waals surface area contributed by atoms with E-state index >= 15 is 0 Å². The summed E-state index contributed by atoms with van der Waals surface area (Å²) in [4.78, 5) is 12.6. The summed E-state index contributed by atoms with van der Waals surface area (Å²) in [7, 11) is 0. The third kappa shape index (κ3) is 3.31. The van der Waals surface area contributed by atoms with Gasteiger partial charge in [0.15, 0.2) is 11.5 Å². The van der Waals surface area contributed by atoms with E-state index in [1.165, 1.54) is 11.0 Å². The zero-order valence-electron chi connectivity index (χ0n) is 13.6. The molecule has 0 fully saturated rings. The van der Waals surface area contributed by atoms with Gasteiger partial charge >= 0.3 is 0 Å². The number of hydrogen-bond donors (Lipinski definition) is 1. The van der Waals surface area contributed by atoms with Crippen molar-refractivity contribution < 1.29 is 14.3 Å². The monoisotopic (exact) mass is 371 g/mol. The lowest BCUT2D eigenvalue weighted by Gasteiger charge is -2.13. The standard InChI is InChI=1S/C17H14ClN5O3/c18-13-8-15-16(26-6-2-5-25-15)9-14(13)20-17(24)11-3-1-4-12(7-11)23-10-19-21-22-23/h1,3-4,7-10H,2,5-6H2,(H,20,24). The highest BCUT2D eigenvalue weighted by molar-refractivity contribution is 6.34. The van der Waals surface area contributed by atoms with Crippen LogP contribution >= 0.6 is 11.6 Å². The predicted molar refractivity (Wildman–Crippen MR) is 94.2 cm³/mol. The predicted octanol–water partition coefficient (Wildman–Crippen LogP) is 2.73. The molecule has 0 saturated carbocycles. The first kappa shape index (κ1) is 16.3. The number of anilines is 1. The topological polar surface area (TPSA) is 91.2 Å². The summed E-state index contributed by atoms with van der Waals surface area (Å²) in [6.45, 7) is 1.12. The Balaban J connectivity index is 1.59. The second-order valence-corrected chi connectivity index (χ2v) is 6.00. The Bertz CT molecular complexity index is 946. The number of tetrazole rings is 1. The van der Waals surface area contributed by atoms with Gasteiger partial charge in [-0.25, -0.2) is 4.68 Å². The highest BCUT2D eigenvalue weighted by Crippen LogP contribution is 2.37.